The van der Waals surface area contributed by atoms with Crippen LogP contribution in [-0.4, -0.2) is 19.7 Å². The van der Waals surface area contributed by atoms with Crippen LogP contribution in [0.3, 0.4) is 0 Å². The molecule has 0 saturated heterocycles. The monoisotopic (exact) mass is 192 g/mol. The van der Waals surface area contributed by atoms with Crippen LogP contribution in [0.5, 0.6) is 5.75 Å². The topological polar surface area (TPSA) is 35.5 Å². The Hall–Kier alpha value is -1.51. The number of benzene rings is 1. The van der Waals surface area contributed by atoms with E-state index in [1.807, 2.05) is 6.07 Å². The molecule has 3 nitrogen and oxygen atoms in total. The summed E-state index contributed by atoms with van der Waals surface area (Å²) in [6.45, 7) is 2.80. The van der Waals surface area contributed by atoms with Gasteiger partial charge in [0.2, 0.25) is 0 Å². The third kappa shape index (κ3) is 1.35. The quantitative estimate of drug-likeness (QED) is 0.638. The number of rotatable bonds is 1. The molecular weight excluding hydrogens is 180 g/mol. The van der Waals surface area contributed by atoms with Gasteiger partial charge >= 0.3 is 5.97 Å². The van der Waals surface area contributed by atoms with Crippen molar-refractivity contribution in [3.8, 4) is 5.75 Å². The van der Waals surface area contributed by atoms with Gasteiger partial charge < -0.3 is 9.47 Å². The van der Waals surface area contributed by atoms with E-state index in [0.29, 0.717) is 18.1 Å². The van der Waals surface area contributed by atoms with Crippen LogP contribution >= 0.6 is 0 Å². The summed E-state index contributed by atoms with van der Waals surface area (Å²) >= 11 is 0. The van der Waals surface area contributed by atoms with E-state index in [2.05, 4.69) is 11.7 Å². The van der Waals surface area contributed by atoms with E-state index < -0.39 is 0 Å². The Morgan fingerprint density at radius 3 is 3.07 bits per heavy atom. The maximum Gasteiger partial charge on any atom is 0.337 e. The number of esters is 1. The summed E-state index contributed by atoms with van der Waals surface area (Å²) in [6.07, 6.45) is 0. The fourth-order valence-corrected chi connectivity index (χ4v) is 1.62. The lowest BCUT2D eigenvalue weighted by molar-refractivity contribution is 0.0600. The predicted molar refractivity (Wildman–Crippen MR) is 51.7 cm³/mol. The largest absolute Gasteiger partial charge is 0.493 e. The number of methoxy groups -OCH3 is 1. The van der Waals surface area contributed by atoms with Crippen LogP contribution < -0.4 is 4.74 Å². The second-order valence-electron chi connectivity index (χ2n) is 3.46. The highest BCUT2D eigenvalue weighted by Crippen LogP contribution is 2.34. The van der Waals surface area contributed by atoms with E-state index in [1.165, 1.54) is 7.11 Å². The Balaban J connectivity index is 2.37. The molecule has 2 rings (SSSR count). The average Bonchev–Trinajstić information content (AvgIpc) is 2.59. The number of fused-ring (bicyclic) bond motifs is 1. The van der Waals surface area contributed by atoms with Crippen LogP contribution in [0.15, 0.2) is 18.2 Å². The lowest BCUT2D eigenvalue weighted by atomic mass is 10.0. The normalized spacial score (nSPS) is 18.6. The van der Waals surface area contributed by atoms with Gasteiger partial charge in [-0.05, 0) is 12.1 Å². The van der Waals surface area contributed by atoms with E-state index in [0.717, 1.165) is 11.3 Å². The van der Waals surface area contributed by atoms with E-state index in [1.54, 1.807) is 12.1 Å². The number of ether oxygens (including phenoxy) is 2. The zero-order valence-corrected chi connectivity index (χ0v) is 8.24. The molecular formula is C11H12O3. The first-order chi connectivity index (χ1) is 6.72. The minimum absolute atomic E-state index is 0.323. The SMILES string of the molecule is COC(=O)c1ccc2c(c1)OCC2C. The van der Waals surface area contributed by atoms with Gasteiger partial charge in [0.1, 0.15) is 5.75 Å². The molecule has 0 N–H and O–H groups in total. The summed E-state index contributed by atoms with van der Waals surface area (Å²) in [4.78, 5) is 11.2. The van der Waals surface area contributed by atoms with Crippen molar-refractivity contribution >= 4 is 5.97 Å². The number of carbonyl (C=O) groups excluding carboxylic acids is 1. The Kier molecular flexibility index (Phi) is 2.15. The van der Waals surface area contributed by atoms with Gasteiger partial charge in [-0.15, -0.1) is 0 Å². The molecule has 1 heterocycles. The fraction of sp³-hybridized carbons (Fsp3) is 0.364. The molecule has 0 spiro atoms. The van der Waals surface area contributed by atoms with Crippen LogP contribution in [0.4, 0.5) is 0 Å². The van der Waals surface area contributed by atoms with E-state index in [9.17, 15) is 4.79 Å². The van der Waals surface area contributed by atoms with E-state index in [4.69, 9.17) is 4.74 Å². The highest BCUT2D eigenvalue weighted by atomic mass is 16.5. The van der Waals surface area contributed by atoms with Gasteiger partial charge in [-0.2, -0.15) is 0 Å². The van der Waals surface area contributed by atoms with Crippen molar-refractivity contribution in [1.82, 2.24) is 0 Å². The Bertz CT molecular complexity index is 371. The smallest absolute Gasteiger partial charge is 0.337 e. The first-order valence-corrected chi connectivity index (χ1v) is 4.57. The molecule has 1 aliphatic rings. The van der Waals surface area contributed by atoms with E-state index >= 15 is 0 Å². The molecule has 0 fully saturated rings. The molecule has 0 radical (unpaired) electrons. The van der Waals surface area contributed by atoms with Crippen molar-refractivity contribution in [2.24, 2.45) is 0 Å². The predicted octanol–water partition coefficient (Wildman–Crippen LogP) is 1.97. The summed E-state index contributed by atoms with van der Waals surface area (Å²) in [5, 5.41) is 0. The highest BCUT2D eigenvalue weighted by molar-refractivity contribution is 5.90. The Labute approximate surface area is 82.6 Å². The maximum atomic E-state index is 11.2. The Morgan fingerprint density at radius 2 is 2.36 bits per heavy atom. The van der Waals surface area contributed by atoms with Crippen molar-refractivity contribution in [1.29, 1.82) is 0 Å². The fourth-order valence-electron chi connectivity index (χ4n) is 1.62. The minimum Gasteiger partial charge on any atom is -0.493 e. The Morgan fingerprint density at radius 1 is 1.57 bits per heavy atom. The van der Waals surface area contributed by atoms with Gasteiger partial charge in [0.25, 0.3) is 0 Å². The van der Waals surface area contributed by atoms with Gasteiger partial charge in [0.05, 0.1) is 19.3 Å². The summed E-state index contributed by atoms with van der Waals surface area (Å²) < 4.78 is 10.1. The van der Waals surface area contributed by atoms with Crippen molar-refractivity contribution in [2.75, 3.05) is 13.7 Å². The average molecular weight is 192 g/mol. The van der Waals surface area contributed by atoms with Gasteiger partial charge in [0, 0.05) is 11.5 Å². The molecule has 74 valence electrons. The minimum atomic E-state index is -0.323. The van der Waals surface area contributed by atoms with Gasteiger partial charge in [-0.25, -0.2) is 4.79 Å². The van der Waals surface area contributed by atoms with Crippen molar-refractivity contribution in [2.45, 2.75) is 12.8 Å². The molecule has 0 saturated carbocycles. The second kappa shape index (κ2) is 3.33. The maximum absolute atomic E-state index is 11.2. The van der Waals surface area contributed by atoms with Crippen LogP contribution in [0.25, 0.3) is 0 Å². The first-order valence-electron chi connectivity index (χ1n) is 4.57. The molecule has 0 amide bonds. The molecule has 3 heteroatoms. The first kappa shape index (κ1) is 9.06. The third-order valence-corrected chi connectivity index (χ3v) is 2.45. The standard InChI is InChI=1S/C11H12O3/c1-7-6-14-10-5-8(11(12)13-2)3-4-9(7)10/h3-5,7H,6H2,1-2H3. The molecule has 0 bridgehead atoms. The van der Waals surface area contributed by atoms with Crippen molar-refractivity contribution in [3.05, 3.63) is 29.3 Å². The summed E-state index contributed by atoms with van der Waals surface area (Å²) in [5.41, 5.74) is 1.71. The molecule has 0 aromatic heterocycles. The third-order valence-electron chi connectivity index (χ3n) is 2.45. The number of hydrogen-bond donors (Lipinski definition) is 0. The van der Waals surface area contributed by atoms with Gasteiger partial charge in [0.15, 0.2) is 0 Å². The molecule has 14 heavy (non-hydrogen) atoms. The van der Waals surface area contributed by atoms with Crippen LogP contribution in [0.2, 0.25) is 0 Å². The van der Waals surface area contributed by atoms with Crippen molar-refractivity contribution in [3.63, 3.8) is 0 Å². The van der Waals surface area contributed by atoms with Crippen LogP contribution in [0.1, 0.15) is 28.8 Å². The molecule has 1 aliphatic heterocycles. The molecule has 0 aliphatic carbocycles. The van der Waals surface area contributed by atoms with Crippen LogP contribution in [0, 0.1) is 0 Å². The molecule has 1 aromatic rings. The van der Waals surface area contributed by atoms with Gasteiger partial charge in [-0.3, -0.25) is 0 Å². The number of carbonyl (C=O) groups is 1. The van der Waals surface area contributed by atoms with E-state index in [-0.39, 0.29) is 5.97 Å². The second-order valence-corrected chi connectivity index (χ2v) is 3.46. The zero-order valence-electron chi connectivity index (χ0n) is 8.24. The summed E-state index contributed by atoms with van der Waals surface area (Å²) in [7, 11) is 1.37. The molecule has 1 aromatic carbocycles. The molecule has 1 atom stereocenters. The lowest BCUT2D eigenvalue weighted by Crippen LogP contribution is -2.00. The lowest BCUT2D eigenvalue weighted by Gasteiger charge is -2.03. The summed E-state index contributed by atoms with van der Waals surface area (Å²) in [5.74, 6) is 0.896. The van der Waals surface area contributed by atoms with Crippen LogP contribution in [-0.2, 0) is 4.74 Å². The number of hydrogen-bond acceptors (Lipinski definition) is 3. The summed E-state index contributed by atoms with van der Waals surface area (Å²) in [6, 6.07) is 5.44. The van der Waals surface area contributed by atoms with Crippen molar-refractivity contribution < 1.29 is 14.3 Å². The molecule has 1 unspecified atom stereocenters. The van der Waals surface area contributed by atoms with Gasteiger partial charge in [-0.1, -0.05) is 13.0 Å². The zero-order chi connectivity index (χ0) is 10.1. The highest BCUT2D eigenvalue weighted by Gasteiger charge is 2.21.